The number of aromatic nitrogens is 1. The number of amides is 1. The Labute approximate surface area is 159 Å². The van der Waals surface area contributed by atoms with Crippen LogP contribution >= 0.6 is 0 Å². The molecule has 7 nitrogen and oxygen atoms in total. The largest absolute Gasteiger partial charge is 0.444 e. The van der Waals surface area contributed by atoms with Crippen LogP contribution in [0.5, 0.6) is 0 Å². The van der Waals surface area contributed by atoms with Gasteiger partial charge in [-0.05, 0) is 45.0 Å². The summed E-state index contributed by atoms with van der Waals surface area (Å²) < 4.78 is 28.7. The lowest BCUT2D eigenvalue weighted by molar-refractivity contribution is -0.124. The van der Waals surface area contributed by atoms with Gasteiger partial charge in [-0.1, -0.05) is 17.7 Å². The van der Waals surface area contributed by atoms with Crippen LogP contribution < -0.4 is 10.6 Å². The van der Waals surface area contributed by atoms with Crippen LogP contribution in [0.4, 0.5) is 0 Å². The predicted molar refractivity (Wildman–Crippen MR) is 103 cm³/mol. The second-order valence-corrected chi connectivity index (χ2v) is 9.36. The highest BCUT2D eigenvalue weighted by Gasteiger charge is 2.48. The predicted octanol–water partition coefficient (Wildman–Crippen LogP) is 1.48. The van der Waals surface area contributed by atoms with Crippen molar-refractivity contribution in [2.24, 2.45) is 0 Å². The van der Waals surface area contributed by atoms with E-state index in [-0.39, 0.29) is 0 Å². The van der Waals surface area contributed by atoms with Crippen LogP contribution in [0, 0.1) is 6.92 Å². The third kappa shape index (κ3) is 4.22. The van der Waals surface area contributed by atoms with Gasteiger partial charge in [0, 0.05) is 24.8 Å². The summed E-state index contributed by atoms with van der Waals surface area (Å²) in [6.45, 7) is 3.36. The van der Waals surface area contributed by atoms with Gasteiger partial charge in [0.1, 0.15) is 6.26 Å². The van der Waals surface area contributed by atoms with Crippen molar-refractivity contribution in [2.75, 3.05) is 25.9 Å². The highest BCUT2D eigenvalue weighted by Crippen LogP contribution is 2.28. The lowest BCUT2D eigenvalue weighted by Gasteiger charge is -2.34. The number of nitrogens with one attached hydrogen (secondary N) is 2. The molecule has 1 fully saturated rings. The molecule has 1 amide bonds. The molecule has 0 atom stereocenters. The number of hydrogen-bond donors (Lipinski definition) is 2. The molecule has 2 heterocycles. The van der Waals surface area contributed by atoms with Crippen molar-refractivity contribution in [3.05, 3.63) is 41.8 Å². The molecule has 146 valence electrons. The van der Waals surface area contributed by atoms with Gasteiger partial charge in [-0.2, -0.15) is 0 Å². The zero-order valence-electron chi connectivity index (χ0n) is 15.6. The fraction of sp³-hybridized carbons (Fsp3) is 0.474. The van der Waals surface area contributed by atoms with Gasteiger partial charge in [0.05, 0.1) is 5.69 Å². The molecule has 0 aliphatic carbocycles. The standard InChI is InChI=1S/C19H25N3O4S/c1-14-3-5-15(6-4-14)17-22-16(13-26-17)7-10-21-18(23)19(27(2,24)25)8-11-20-12-9-19/h3-6,13,20H,7-12H2,1-2H3,(H,21,23). The number of aryl methyl sites for hydroxylation is 1. The van der Waals surface area contributed by atoms with Crippen molar-refractivity contribution in [3.63, 3.8) is 0 Å². The SMILES string of the molecule is Cc1ccc(-c2nc(CCNC(=O)C3(S(C)(=O)=O)CCNCC3)co2)cc1. The van der Waals surface area contributed by atoms with E-state index in [0.29, 0.717) is 50.5 Å². The van der Waals surface area contributed by atoms with Crippen molar-refractivity contribution in [1.29, 1.82) is 0 Å². The van der Waals surface area contributed by atoms with Crippen LogP contribution in [-0.4, -0.2) is 49.9 Å². The Morgan fingerprint density at radius 1 is 1.26 bits per heavy atom. The number of hydrogen-bond acceptors (Lipinski definition) is 6. The minimum atomic E-state index is -3.50. The number of carbonyl (C=O) groups is 1. The topological polar surface area (TPSA) is 101 Å². The Kier molecular flexibility index (Phi) is 5.67. The number of sulfone groups is 1. The van der Waals surface area contributed by atoms with Crippen LogP contribution in [-0.2, 0) is 21.1 Å². The highest BCUT2D eigenvalue weighted by molar-refractivity contribution is 7.92. The van der Waals surface area contributed by atoms with Crippen LogP contribution in [0.1, 0.15) is 24.1 Å². The molecule has 2 aromatic rings. The van der Waals surface area contributed by atoms with Gasteiger partial charge in [0.2, 0.25) is 11.8 Å². The van der Waals surface area contributed by atoms with Crippen molar-refractivity contribution in [2.45, 2.75) is 30.9 Å². The van der Waals surface area contributed by atoms with Gasteiger partial charge in [-0.15, -0.1) is 0 Å². The average molecular weight is 391 g/mol. The lowest BCUT2D eigenvalue weighted by atomic mass is 9.96. The first-order valence-electron chi connectivity index (χ1n) is 9.02. The van der Waals surface area contributed by atoms with E-state index in [2.05, 4.69) is 15.6 Å². The Balaban J connectivity index is 1.61. The fourth-order valence-electron chi connectivity index (χ4n) is 3.31. The summed E-state index contributed by atoms with van der Waals surface area (Å²) in [7, 11) is -3.50. The Hall–Kier alpha value is -2.19. The van der Waals surface area contributed by atoms with Crippen LogP contribution in [0.2, 0.25) is 0 Å². The van der Waals surface area contributed by atoms with Crippen LogP contribution in [0.25, 0.3) is 11.5 Å². The normalized spacial score (nSPS) is 16.8. The maximum Gasteiger partial charge on any atom is 0.241 e. The third-order valence-corrected chi connectivity index (χ3v) is 7.06. The van der Waals surface area contributed by atoms with Gasteiger partial charge in [-0.25, -0.2) is 13.4 Å². The molecule has 27 heavy (non-hydrogen) atoms. The Bertz CT molecular complexity index is 897. The van der Waals surface area contributed by atoms with Crippen LogP contribution in [0.3, 0.4) is 0 Å². The van der Waals surface area contributed by atoms with Crippen molar-refractivity contribution in [1.82, 2.24) is 15.6 Å². The molecule has 0 unspecified atom stereocenters. The fourth-order valence-corrected chi connectivity index (χ4v) is 4.67. The van der Waals surface area contributed by atoms with Crippen molar-refractivity contribution < 1.29 is 17.6 Å². The molecular formula is C19H25N3O4S. The Morgan fingerprint density at radius 2 is 1.93 bits per heavy atom. The van der Waals surface area contributed by atoms with E-state index in [1.54, 1.807) is 6.26 Å². The quantitative estimate of drug-likeness (QED) is 0.773. The number of piperidine rings is 1. The molecule has 2 N–H and O–H groups in total. The van der Waals surface area contributed by atoms with E-state index in [9.17, 15) is 13.2 Å². The van der Waals surface area contributed by atoms with E-state index in [4.69, 9.17) is 4.42 Å². The second kappa shape index (κ2) is 7.82. The zero-order chi connectivity index (χ0) is 19.5. The lowest BCUT2D eigenvalue weighted by Crippen LogP contribution is -2.57. The third-order valence-electron chi connectivity index (χ3n) is 5.05. The van der Waals surface area contributed by atoms with Gasteiger partial charge in [0.25, 0.3) is 0 Å². The molecule has 1 aliphatic heterocycles. The number of oxazole rings is 1. The van der Waals surface area contributed by atoms with Gasteiger partial charge in [-0.3, -0.25) is 4.79 Å². The first-order valence-corrected chi connectivity index (χ1v) is 10.9. The van der Waals surface area contributed by atoms with Crippen LogP contribution in [0.15, 0.2) is 34.9 Å². The summed E-state index contributed by atoms with van der Waals surface area (Å²) in [6.07, 6.45) is 3.76. The van der Waals surface area contributed by atoms with E-state index in [1.807, 2.05) is 31.2 Å². The average Bonchev–Trinajstić information content (AvgIpc) is 3.11. The van der Waals surface area contributed by atoms with Gasteiger partial charge in [0.15, 0.2) is 14.6 Å². The Morgan fingerprint density at radius 3 is 2.56 bits per heavy atom. The first kappa shape index (κ1) is 19.6. The monoisotopic (exact) mass is 391 g/mol. The maximum absolute atomic E-state index is 12.7. The van der Waals surface area contributed by atoms with E-state index in [1.165, 1.54) is 0 Å². The molecule has 1 saturated heterocycles. The molecule has 3 rings (SSSR count). The summed E-state index contributed by atoms with van der Waals surface area (Å²) in [5.41, 5.74) is 2.76. The summed E-state index contributed by atoms with van der Waals surface area (Å²) in [5.74, 6) is 0.107. The molecule has 1 aliphatic rings. The number of carbonyl (C=O) groups excluding carboxylic acids is 1. The second-order valence-electron chi connectivity index (χ2n) is 7.03. The summed E-state index contributed by atoms with van der Waals surface area (Å²) in [4.78, 5) is 17.1. The van der Waals surface area contributed by atoms with Crippen molar-refractivity contribution >= 4 is 15.7 Å². The van der Waals surface area contributed by atoms with E-state index >= 15 is 0 Å². The van der Waals surface area contributed by atoms with E-state index in [0.717, 1.165) is 17.4 Å². The summed E-state index contributed by atoms with van der Waals surface area (Å²) in [6, 6.07) is 7.87. The first-order chi connectivity index (χ1) is 12.8. The van der Waals surface area contributed by atoms with Gasteiger partial charge < -0.3 is 15.1 Å². The van der Waals surface area contributed by atoms with Gasteiger partial charge >= 0.3 is 0 Å². The number of benzene rings is 1. The van der Waals surface area contributed by atoms with E-state index < -0.39 is 20.5 Å². The number of rotatable bonds is 6. The maximum atomic E-state index is 12.7. The van der Waals surface area contributed by atoms with Crippen molar-refractivity contribution in [3.8, 4) is 11.5 Å². The smallest absolute Gasteiger partial charge is 0.241 e. The molecule has 0 bridgehead atoms. The molecular weight excluding hydrogens is 366 g/mol. The molecule has 0 saturated carbocycles. The summed E-state index contributed by atoms with van der Waals surface area (Å²) >= 11 is 0. The highest BCUT2D eigenvalue weighted by atomic mass is 32.2. The number of nitrogens with zero attached hydrogens (tertiary/aromatic N) is 1. The molecule has 1 aromatic carbocycles. The molecule has 1 aromatic heterocycles. The zero-order valence-corrected chi connectivity index (χ0v) is 16.4. The molecule has 8 heteroatoms. The molecule has 0 radical (unpaired) electrons. The molecule has 0 spiro atoms. The minimum Gasteiger partial charge on any atom is -0.444 e. The minimum absolute atomic E-state index is 0.291. The summed E-state index contributed by atoms with van der Waals surface area (Å²) in [5, 5.41) is 5.88.